The maximum absolute atomic E-state index is 10.4. The van der Waals surface area contributed by atoms with Crippen LogP contribution in [0, 0.1) is 6.92 Å². The van der Waals surface area contributed by atoms with Crippen molar-refractivity contribution in [3.8, 4) is 11.5 Å². The average Bonchev–Trinajstić information content (AvgIpc) is 2.67. The molecule has 0 aromatic heterocycles. The molecule has 0 aliphatic heterocycles. The molecule has 6 heteroatoms. The molecule has 1 atom stereocenters. The van der Waals surface area contributed by atoms with E-state index in [1.54, 1.807) is 7.11 Å². The van der Waals surface area contributed by atoms with Gasteiger partial charge in [0.15, 0.2) is 17.5 Å². The van der Waals surface area contributed by atoms with Crippen LogP contribution in [0.2, 0.25) is 0 Å². The Morgan fingerprint density at radius 2 is 1.85 bits per heavy atom. The van der Waals surface area contributed by atoms with Crippen LogP contribution in [0.5, 0.6) is 11.5 Å². The molecule has 2 rings (SSSR count). The molecule has 0 amide bonds. The van der Waals surface area contributed by atoms with Gasteiger partial charge in [0, 0.05) is 18.3 Å². The minimum absolute atomic E-state index is 0.257. The van der Waals surface area contributed by atoms with E-state index in [2.05, 4.69) is 15.6 Å². The van der Waals surface area contributed by atoms with Crippen molar-refractivity contribution in [1.82, 2.24) is 5.32 Å². The predicted molar refractivity (Wildman–Crippen MR) is 110 cm³/mol. The summed E-state index contributed by atoms with van der Waals surface area (Å²) in [7, 11) is 1.61. The average molecular weight is 371 g/mol. The molecule has 0 fully saturated rings. The van der Waals surface area contributed by atoms with Gasteiger partial charge in [0.05, 0.1) is 26.4 Å². The third-order valence-electron chi connectivity index (χ3n) is 3.95. The van der Waals surface area contributed by atoms with Gasteiger partial charge in [-0.1, -0.05) is 29.8 Å². The maximum atomic E-state index is 10.4. The van der Waals surface area contributed by atoms with Gasteiger partial charge in [-0.05, 0) is 38.5 Å². The monoisotopic (exact) mass is 371 g/mol. The van der Waals surface area contributed by atoms with Crippen LogP contribution >= 0.6 is 0 Å². The molecular weight excluding hydrogens is 342 g/mol. The van der Waals surface area contributed by atoms with Crippen molar-refractivity contribution in [2.45, 2.75) is 26.9 Å². The summed E-state index contributed by atoms with van der Waals surface area (Å²) in [5, 5.41) is 16.8. The fourth-order valence-electron chi connectivity index (χ4n) is 2.54. The SMILES string of the molecule is CCNC(=NCC(O)c1ccc(C)cc1)Nc1ccc(OC)c(OCC)c1. The fraction of sp³-hybridized carbons (Fsp3) is 0.381. The zero-order chi connectivity index (χ0) is 19.6. The summed E-state index contributed by atoms with van der Waals surface area (Å²) in [5.41, 5.74) is 2.83. The van der Waals surface area contributed by atoms with Gasteiger partial charge in [-0.25, -0.2) is 4.99 Å². The van der Waals surface area contributed by atoms with Crippen molar-refractivity contribution in [1.29, 1.82) is 0 Å². The van der Waals surface area contributed by atoms with E-state index in [1.165, 1.54) is 0 Å². The Morgan fingerprint density at radius 3 is 2.48 bits per heavy atom. The van der Waals surface area contributed by atoms with Gasteiger partial charge >= 0.3 is 0 Å². The van der Waals surface area contributed by atoms with Gasteiger partial charge < -0.3 is 25.2 Å². The van der Waals surface area contributed by atoms with E-state index >= 15 is 0 Å². The number of aryl methyl sites for hydroxylation is 1. The summed E-state index contributed by atoms with van der Waals surface area (Å²) in [6.07, 6.45) is -0.657. The van der Waals surface area contributed by atoms with E-state index in [1.807, 2.05) is 63.2 Å². The summed E-state index contributed by atoms with van der Waals surface area (Å²) in [5.74, 6) is 1.94. The number of aliphatic hydroxyl groups excluding tert-OH is 1. The Morgan fingerprint density at radius 1 is 1.11 bits per heavy atom. The maximum Gasteiger partial charge on any atom is 0.195 e. The Balaban J connectivity index is 2.10. The number of aliphatic hydroxyl groups is 1. The van der Waals surface area contributed by atoms with Crippen LogP contribution in [0.1, 0.15) is 31.1 Å². The number of benzene rings is 2. The second-order valence-electron chi connectivity index (χ2n) is 6.07. The van der Waals surface area contributed by atoms with Crippen molar-refractivity contribution >= 4 is 11.6 Å². The molecule has 2 aromatic rings. The zero-order valence-corrected chi connectivity index (χ0v) is 16.5. The van der Waals surface area contributed by atoms with Crippen LogP contribution in [0.4, 0.5) is 5.69 Å². The third-order valence-corrected chi connectivity index (χ3v) is 3.95. The van der Waals surface area contributed by atoms with Crippen molar-refractivity contribution in [2.75, 3.05) is 32.1 Å². The summed E-state index contributed by atoms with van der Waals surface area (Å²) in [6, 6.07) is 13.4. The fourth-order valence-corrected chi connectivity index (χ4v) is 2.54. The minimum atomic E-state index is -0.657. The van der Waals surface area contributed by atoms with Crippen LogP contribution in [0.25, 0.3) is 0 Å². The quantitative estimate of drug-likeness (QED) is 0.489. The lowest BCUT2D eigenvalue weighted by Gasteiger charge is -2.15. The van der Waals surface area contributed by atoms with Gasteiger partial charge in [0.1, 0.15) is 0 Å². The van der Waals surface area contributed by atoms with Crippen molar-refractivity contribution < 1.29 is 14.6 Å². The normalized spacial score (nSPS) is 12.4. The van der Waals surface area contributed by atoms with E-state index in [0.29, 0.717) is 30.6 Å². The van der Waals surface area contributed by atoms with Crippen molar-refractivity contribution in [3.05, 3.63) is 53.6 Å². The van der Waals surface area contributed by atoms with Gasteiger partial charge in [0.25, 0.3) is 0 Å². The zero-order valence-electron chi connectivity index (χ0n) is 16.5. The Labute approximate surface area is 161 Å². The molecule has 2 aromatic carbocycles. The number of hydrogen-bond acceptors (Lipinski definition) is 4. The topological polar surface area (TPSA) is 75.1 Å². The molecule has 0 spiro atoms. The summed E-state index contributed by atoms with van der Waals surface area (Å²) >= 11 is 0. The Bertz CT molecular complexity index is 745. The molecule has 0 radical (unpaired) electrons. The van der Waals surface area contributed by atoms with E-state index in [0.717, 1.165) is 16.8 Å². The molecular formula is C21H29N3O3. The standard InChI is InChI=1S/C21H29N3O3/c1-5-22-21(23-14-18(25)16-9-7-15(3)8-10-16)24-17-11-12-19(26-4)20(13-17)27-6-2/h7-13,18,25H,5-6,14H2,1-4H3,(H2,22,23,24). The van der Waals surface area contributed by atoms with E-state index < -0.39 is 6.10 Å². The van der Waals surface area contributed by atoms with Gasteiger partial charge in [-0.15, -0.1) is 0 Å². The first-order chi connectivity index (χ1) is 13.1. The second-order valence-corrected chi connectivity index (χ2v) is 6.07. The predicted octanol–water partition coefficient (Wildman–Crippen LogP) is 3.51. The lowest BCUT2D eigenvalue weighted by Crippen LogP contribution is -2.31. The highest BCUT2D eigenvalue weighted by molar-refractivity contribution is 5.93. The molecule has 3 N–H and O–H groups in total. The van der Waals surface area contributed by atoms with Gasteiger partial charge in [0.2, 0.25) is 0 Å². The summed E-state index contributed by atoms with van der Waals surface area (Å²) in [6.45, 7) is 7.46. The molecule has 27 heavy (non-hydrogen) atoms. The number of methoxy groups -OCH3 is 1. The first kappa shape index (κ1) is 20.6. The largest absolute Gasteiger partial charge is 0.493 e. The smallest absolute Gasteiger partial charge is 0.195 e. The lowest BCUT2D eigenvalue weighted by atomic mass is 10.1. The molecule has 0 saturated carbocycles. The molecule has 0 bridgehead atoms. The summed E-state index contributed by atoms with van der Waals surface area (Å²) < 4.78 is 10.9. The number of nitrogens with one attached hydrogen (secondary N) is 2. The molecule has 6 nitrogen and oxygen atoms in total. The van der Waals surface area contributed by atoms with E-state index in [9.17, 15) is 5.11 Å². The molecule has 0 aliphatic carbocycles. The molecule has 0 aliphatic rings. The van der Waals surface area contributed by atoms with Crippen LogP contribution < -0.4 is 20.1 Å². The number of ether oxygens (including phenoxy) is 2. The van der Waals surface area contributed by atoms with Crippen LogP contribution in [0.15, 0.2) is 47.5 Å². The lowest BCUT2D eigenvalue weighted by molar-refractivity contribution is 0.187. The van der Waals surface area contributed by atoms with Crippen LogP contribution in [-0.2, 0) is 0 Å². The van der Waals surface area contributed by atoms with Gasteiger partial charge in [-0.3, -0.25) is 0 Å². The van der Waals surface area contributed by atoms with Crippen LogP contribution in [0.3, 0.4) is 0 Å². The number of guanidine groups is 1. The minimum Gasteiger partial charge on any atom is -0.493 e. The first-order valence-electron chi connectivity index (χ1n) is 9.18. The van der Waals surface area contributed by atoms with E-state index in [-0.39, 0.29) is 6.54 Å². The third kappa shape index (κ3) is 6.18. The van der Waals surface area contributed by atoms with E-state index in [4.69, 9.17) is 9.47 Å². The highest BCUT2D eigenvalue weighted by Gasteiger charge is 2.09. The number of aliphatic imine (C=N–C) groups is 1. The Hall–Kier alpha value is -2.73. The van der Waals surface area contributed by atoms with Crippen molar-refractivity contribution in [2.24, 2.45) is 4.99 Å². The second kappa shape index (κ2) is 10.4. The van der Waals surface area contributed by atoms with Gasteiger partial charge in [-0.2, -0.15) is 0 Å². The molecule has 1 unspecified atom stereocenters. The van der Waals surface area contributed by atoms with Crippen molar-refractivity contribution in [3.63, 3.8) is 0 Å². The molecule has 0 saturated heterocycles. The number of anilines is 1. The Kier molecular flexibility index (Phi) is 7.95. The number of nitrogens with zero attached hydrogens (tertiary/aromatic N) is 1. The first-order valence-corrected chi connectivity index (χ1v) is 9.18. The molecule has 0 heterocycles. The highest BCUT2D eigenvalue weighted by Crippen LogP contribution is 2.30. The number of hydrogen-bond donors (Lipinski definition) is 3. The van der Waals surface area contributed by atoms with Crippen LogP contribution in [-0.4, -0.2) is 37.9 Å². The highest BCUT2D eigenvalue weighted by atomic mass is 16.5. The molecule has 146 valence electrons. The summed E-state index contributed by atoms with van der Waals surface area (Å²) in [4.78, 5) is 4.50. The number of rotatable bonds is 8.